The van der Waals surface area contributed by atoms with Crippen molar-refractivity contribution in [2.24, 2.45) is 46.3 Å². The fourth-order valence-electron chi connectivity index (χ4n) is 17.0. The van der Waals surface area contributed by atoms with Gasteiger partial charge in [-0.3, -0.25) is 0 Å². The molecule has 29 nitrogen and oxygen atoms in total. The molecule has 0 aromatic rings. The highest BCUT2D eigenvalue weighted by Gasteiger charge is 2.68. The minimum atomic E-state index is -1.87. The second-order valence-corrected chi connectivity index (χ2v) is 28.1. The Hall–Kier alpha value is -1.42. The summed E-state index contributed by atoms with van der Waals surface area (Å²) in [6.07, 6.45) is -33.7. The van der Waals surface area contributed by atoms with E-state index in [-0.39, 0.29) is 47.9 Å². The predicted octanol–water partition coefficient (Wildman–Crippen LogP) is -4.41. The molecule has 0 aromatic carbocycles. The molecule has 10 fully saturated rings. The first-order valence-corrected chi connectivity index (χ1v) is 32.0. The average molecular weight is 1280 g/mol. The fourth-order valence-corrected chi connectivity index (χ4v) is 17.0. The van der Waals surface area contributed by atoms with Gasteiger partial charge in [0.1, 0.15) is 116 Å². The number of aliphatic hydroxyl groups is 16. The SMILES string of the molecule is C[C@H](CCC1(O)O[C@H]2C[C@H]3[C@@H]4CC=C5C[C@@H](O[C@@H]6OC[C@@H](O)[C@H](O)[C@H]6O[C@@H]6OC[C@@H](O[C@@H]7O[C@@H](C)[C@H](O)[C@@H](O)[C@H]7O[C@@H]7O[C@@H](C)[C@H](O)[C@@H](O)[C@H]7O)[C@H](O)[C@H]6O[C@@H]6OC[C@@H](O)[C@H](O)[C@H]6O)CC[C@]5(C)[C@H]4CC[C@]3(C)[C@H]2[C@@H]1C)CO[C@@H]1O[C@H](CO)[C@@H](O)[C@H](O)[C@H]1O. The molecule has 29 heteroatoms. The van der Waals surface area contributed by atoms with Crippen LogP contribution in [0.25, 0.3) is 0 Å². The third kappa shape index (κ3) is 13.0. The number of rotatable bonds is 17. The third-order valence-electron chi connectivity index (χ3n) is 22.5. The Morgan fingerprint density at radius 3 is 1.88 bits per heavy atom. The summed E-state index contributed by atoms with van der Waals surface area (Å²) in [7, 11) is 0. The molecule has 7 aliphatic heterocycles. The van der Waals surface area contributed by atoms with Crippen LogP contribution < -0.4 is 0 Å². The molecule has 11 rings (SSSR count). The highest BCUT2D eigenvalue weighted by Crippen LogP contribution is 2.70. The number of fused-ring (bicyclic) bond motifs is 7. The minimum Gasteiger partial charge on any atom is -0.394 e. The third-order valence-corrected chi connectivity index (χ3v) is 22.5. The van der Waals surface area contributed by atoms with E-state index in [1.54, 1.807) is 0 Å². The topological polar surface area (TPSA) is 444 Å². The highest BCUT2D eigenvalue weighted by molar-refractivity contribution is 5.26. The van der Waals surface area contributed by atoms with E-state index >= 15 is 0 Å². The first-order valence-electron chi connectivity index (χ1n) is 32.0. The molecule has 3 saturated carbocycles. The van der Waals surface area contributed by atoms with Crippen molar-refractivity contribution in [3.63, 3.8) is 0 Å². The zero-order valence-corrected chi connectivity index (χ0v) is 51.1. The normalized spacial score (nSPS) is 55.6. The first-order chi connectivity index (χ1) is 42.1. The molecule has 1 unspecified atom stereocenters. The summed E-state index contributed by atoms with van der Waals surface area (Å²) < 4.78 is 78.7. The van der Waals surface area contributed by atoms with Gasteiger partial charge in [-0.25, -0.2) is 0 Å². The monoisotopic (exact) mass is 1280 g/mol. The van der Waals surface area contributed by atoms with E-state index in [4.69, 9.17) is 61.6 Å². The Morgan fingerprint density at radius 2 is 1.16 bits per heavy atom. The molecular formula is C60H98O29. The van der Waals surface area contributed by atoms with Crippen molar-refractivity contribution in [3.05, 3.63) is 11.6 Å². The maximum atomic E-state index is 12.2. The van der Waals surface area contributed by atoms with Crippen molar-refractivity contribution in [3.8, 4) is 0 Å². The molecule has 0 amide bonds. The van der Waals surface area contributed by atoms with Gasteiger partial charge in [-0.15, -0.1) is 0 Å². The number of hydrogen-bond acceptors (Lipinski definition) is 29. The summed E-state index contributed by atoms with van der Waals surface area (Å²) in [5, 5.41) is 173. The van der Waals surface area contributed by atoms with Crippen LogP contribution in [0.15, 0.2) is 11.6 Å². The van der Waals surface area contributed by atoms with Crippen LogP contribution in [-0.4, -0.2) is 299 Å². The van der Waals surface area contributed by atoms with Gasteiger partial charge in [0, 0.05) is 12.3 Å². The van der Waals surface area contributed by atoms with Gasteiger partial charge in [-0.1, -0.05) is 39.3 Å². The molecule has 16 N–H and O–H groups in total. The van der Waals surface area contributed by atoms with E-state index in [1.165, 1.54) is 19.4 Å². The molecule has 7 saturated heterocycles. The molecule has 38 atom stereocenters. The van der Waals surface area contributed by atoms with Crippen LogP contribution in [0.3, 0.4) is 0 Å². The molecule has 7 heterocycles. The highest BCUT2D eigenvalue weighted by atomic mass is 16.8. The van der Waals surface area contributed by atoms with Crippen molar-refractivity contribution in [2.75, 3.05) is 33.0 Å². The van der Waals surface area contributed by atoms with Crippen LogP contribution >= 0.6 is 0 Å². The van der Waals surface area contributed by atoms with Crippen LogP contribution in [0.5, 0.6) is 0 Å². The molecule has 0 spiro atoms. The maximum absolute atomic E-state index is 12.2. The van der Waals surface area contributed by atoms with Crippen molar-refractivity contribution < 1.29 is 143 Å². The lowest BCUT2D eigenvalue weighted by Crippen LogP contribution is -2.66. The Bertz CT molecular complexity index is 2380. The van der Waals surface area contributed by atoms with Crippen LogP contribution in [0, 0.1) is 46.3 Å². The summed E-state index contributed by atoms with van der Waals surface area (Å²) >= 11 is 0. The Balaban J connectivity index is 0.736. The molecule has 11 aliphatic rings. The predicted molar refractivity (Wildman–Crippen MR) is 296 cm³/mol. The first kappa shape index (κ1) is 68.9. The zero-order valence-electron chi connectivity index (χ0n) is 51.1. The molecule has 0 aromatic heterocycles. The lowest BCUT2D eigenvalue weighted by atomic mass is 9.47. The van der Waals surface area contributed by atoms with Crippen LogP contribution in [0.2, 0.25) is 0 Å². The average Bonchev–Trinajstić information content (AvgIpc) is 1.58. The molecular weight excluding hydrogens is 1180 g/mol. The lowest BCUT2D eigenvalue weighted by molar-refractivity contribution is -0.395. The van der Waals surface area contributed by atoms with Crippen LogP contribution in [0.1, 0.15) is 99.3 Å². The summed E-state index contributed by atoms with van der Waals surface area (Å²) in [4.78, 5) is 0. The Morgan fingerprint density at radius 1 is 0.573 bits per heavy atom. The van der Waals surface area contributed by atoms with Gasteiger partial charge < -0.3 is 143 Å². The standard InChI is InChI=1S/C60H98O29/c1-22(18-77-52-47(74)44(71)41(68)34(17-61)84-52)9-14-60(76)23(2)36-33(89-60)16-30-28-8-7-26-15-27(10-12-58(26,5)29(28)11-13-59(30,36)6)83-55-49(40(67)32(63)20-79-55)88-56-50(86-53-46(73)39(66)31(62)19-78-53)42(69)35(21-80-56)85-57-51(45(72)38(65)25(4)82-57)87-54-48(75)43(70)37(64)24(3)81-54/h7,22-25,27-57,61-76H,8-21H2,1-6H3/t22-,23+,24+,25+,27+,28-,29+,30+,31-,32-,33+,34-,35-,36+,37+,38+,39+,40+,41-,42+,43-,44+,45-,46-,47-,48-,49-,50-,51-,52-,53+,54+,55+,56+,57+,58+,59+,60?/m1/s1. The fraction of sp³-hybridized carbons (Fsp3) is 0.967. The lowest BCUT2D eigenvalue weighted by Gasteiger charge is -2.58. The number of ether oxygens (including phenoxy) is 13. The number of aliphatic hydroxyl groups excluding tert-OH is 15. The summed E-state index contributed by atoms with van der Waals surface area (Å²) in [5.41, 5.74) is 1.01. The molecule has 0 radical (unpaired) electrons. The largest absolute Gasteiger partial charge is 0.394 e. The van der Waals surface area contributed by atoms with E-state index < -0.39 is 198 Å². The molecule has 4 aliphatic carbocycles. The van der Waals surface area contributed by atoms with Gasteiger partial charge in [0.2, 0.25) is 0 Å². The van der Waals surface area contributed by atoms with E-state index in [9.17, 15) is 81.7 Å². The van der Waals surface area contributed by atoms with Gasteiger partial charge >= 0.3 is 0 Å². The quantitative estimate of drug-likeness (QED) is 0.0611. The minimum absolute atomic E-state index is 0.0844. The van der Waals surface area contributed by atoms with E-state index in [0.717, 1.165) is 32.1 Å². The van der Waals surface area contributed by atoms with Gasteiger partial charge in [0.25, 0.3) is 0 Å². The number of allylic oxidation sites excluding steroid dienone is 1. The van der Waals surface area contributed by atoms with Crippen molar-refractivity contribution in [1.29, 1.82) is 0 Å². The Kier molecular flexibility index (Phi) is 21.1. The summed E-state index contributed by atoms with van der Waals surface area (Å²) in [6.45, 7) is 9.82. The second kappa shape index (κ2) is 27.2. The van der Waals surface area contributed by atoms with E-state index in [1.807, 2.05) is 6.92 Å². The zero-order chi connectivity index (χ0) is 64.1. The van der Waals surface area contributed by atoms with Gasteiger partial charge in [0.05, 0.1) is 57.5 Å². The van der Waals surface area contributed by atoms with Crippen LogP contribution in [0.4, 0.5) is 0 Å². The van der Waals surface area contributed by atoms with Crippen molar-refractivity contribution in [1.82, 2.24) is 0 Å². The van der Waals surface area contributed by atoms with Crippen molar-refractivity contribution >= 4 is 0 Å². The molecule has 89 heavy (non-hydrogen) atoms. The molecule has 512 valence electrons. The number of hydrogen-bond donors (Lipinski definition) is 16. The van der Waals surface area contributed by atoms with Gasteiger partial charge in [0.15, 0.2) is 43.5 Å². The molecule has 0 bridgehead atoms. The Labute approximate surface area is 516 Å². The smallest absolute Gasteiger partial charge is 0.187 e. The van der Waals surface area contributed by atoms with E-state index in [2.05, 4.69) is 26.8 Å². The van der Waals surface area contributed by atoms with Gasteiger partial charge in [-0.2, -0.15) is 0 Å². The maximum Gasteiger partial charge on any atom is 0.187 e. The second-order valence-electron chi connectivity index (χ2n) is 28.1. The summed E-state index contributed by atoms with van der Waals surface area (Å²) in [5.74, 6) is -0.391. The van der Waals surface area contributed by atoms with Crippen molar-refractivity contribution in [2.45, 2.75) is 283 Å². The summed E-state index contributed by atoms with van der Waals surface area (Å²) in [6, 6.07) is 0. The van der Waals surface area contributed by atoms with Gasteiger partial charge in [-0.05, 0) is 106 Å². The van der Waals surface area contributed by atoms with E-state index in [0.29, 0.717) is 43.4 Å². The van der Waals surface area contributed by atoms with Crippen LogP contribution in [-0.2, 0) is 61.6 Å².